The van der Waals surface area contributed by atoms with Crippen LogP contribution in [0.25, 0.3) is 0 Å². The van der Waals surface area contributed by atoms with Crippen LogP contribution < -0.4 is 0 Å². The van der Waals surface area contributed by atoms with Crippen LogP contribution in [0.3, 0.4) is 0 Å². The molecule has 0 spiro atoms. The van der Waals surface area contributed by atoms with E-state index in [9.17, 15) is 9.90 Å². The van der Waals surface area contributed by atoms with Crippen molar-refractivity contribution in [3.05, 3.63) is 34.9 Å². The summed E-state index contributed by atoms with van der Waals surface area (Å²) in [4.78, 5) is 12.4. The van der Waals surface area contributed by atoms with E-state index in [-0.39, 0.29) is 23.7 Å². The highest BCUT2D eigenvalue weighted by Gasteiger charge is 2.33. The summed E-state index contributed by atoms with van der Waals surface area (Å²) in [5, 5.41) is 10.1. The smallest absolute Gasteiger partial charge is 0.142 e. The van der Waals surface area contributed by atoms with Gasteiger partial charge in [-0.25, -0.2) is 0 Å². The van der Waals surface area contributed by atoms with Crippen molar-refractivity contribution in [1.82, 2.24) is 0 Å². The Bertz CT molecular complexity index is 433. The van der Waals surface area contributed by atoms with Crippen molar-refractivity contribution < 1.29 is 9.90 Å². The first kappa shape index (κ1) is 14.5. The van der Waals surface area contributed by atoms with Crippen molar-refractivity contribution >= 4 is 17.4 Å². The highest BCUT2D eigenvalue weighted by molar-refractivity contribution is 6.30. The third-order valence-electron chi connectivity index (χ3n) is 3.96. The highest BCUT2D eigenvalue weighted by atomic mass is 35.5. The number of rotatable bonds is 5. The summed E-state index contributed by atoms with van der Waals surface area (Å²) in [5.74, 6) is 0.725. The summed E-state index contributed by atoms with van der Waals surface area (Å²) >= 11 is 5.90. The van der Waals surface area contributed by atoms with Gasteiger partial charge in [0.2, 0.25) is 0 Å². The van der Waals surface area contributed by atoms with Crippen LogP contribution >= 0.6 is 11.6 Å². The molecule has 1 atom stereocenters. The number of hydrogen-bond acceptors (Lipinski definition) is 2. The molecular weight excluding hydrogens is 260 g/mol. The van der Waals surface area contributed by atoms with Gasteiger partial charge in [0, 0.05) is 16.9 Å². The topological polar surface area (TPSA) is 37.3 Å². The molecular formula is C16H21ClO2. The molecule has 3 heteroatoms. The van der Waals surface area contributed by atoms with Crippen molar-refractivity contribution in [3.8, 4) is 0 Å². The van der Waals surface area contributed by atoms with Crippen LogP contribution in [0.2, 0.25) is 5.02 Å². The second-order valence-electron chi connectivity index (χ2n) is 5.89. The van der Waals surface area contributed by atoms with Gasteiger partial charge in [-0.3, -0.25) is 4.79 Å². The van der Waals surface area contributed by atoms with E-state index in [2.05, 4.69) is 0 Å². The minimum absolute atomic E-state index is 0.0330. The molecule has 0 aromatic heterocycles. The maximum Gasteiger partial charge on any atom is 0.142 e. The van der Waals surface area contributed by atoms with Gasteiger partial charge in [0.05, 0.1) is 6.10 Å². The maximum absolute atomic E-state index is 12.4. The predicted molar refractivity (Wildman–Crippen MR) is 77.4 cm³/mol. The van der Waals surface area contributed by atoms with Crippen molar-refractivity contribution in [2.45, 2.75) is 45.1 Å². The van der Waals surface area contributed by atoms with Crippen molar-refractivity contribution in [2.24, 2.45) is 11.8 Å². The molecule has 1 saturated carbocycles. The Balaban J connectivity index is 2.13. The van der Waals surface area contributed by atoms with Gasteiger partial charge in [0.25, 0.3) is 0 Å². The Labute approximate surface area is 119 Å². The summed E-state index contributed by atoms with van der Waals surface area (Å²) in [6.07, 6.45) is 2.34. The van der Waals surface area contributed by atoms with Gasteiger partial charge in [-0.2, -0.15) is 0 Å². The van der Waals surface area contributed by atoms with Crippen LogP contribution in [0.5, 0.6) is 0 Å². The first-order chi connectivity index (χ1) is 8.97. The lowest BCUT2D eigenvalue weighted by Gasteiger charge is -2.34. The van der Waals surface area contributed by atoms with Crippen LogP contribution in [-0.4, -0.2) is 17.0 Å². The minimum Gasteiger partial charge on any atom is -0.393 e. The average Bonchev–Trinajstić information content (AvgIpc) is 2.33. The van der Waals surface area contributed by atoms with Crippen LogP contribution in [0.4, 0.5) is 0 Å². The van der Waals surface area contributed by atoms with Crippen LogP contribution in [0, 0.1) is 11.8 Å². The molecule has 1 unspecified atom stereocenters. The number of hydrogen-bond donors (Lipinski definition) is 1. The molecule has 19 heavy (non-hydrogen) atoms. The Kier molecular flexibility index (Phi) is 4.64. The van der Waals surface area contributed by atoms with Crippen molar-refractivity contribution in [2.75, 3.05) is 0 Å². The predicted octanol–water partition coefficient (Wildman–Crippen LogP) is 3.81. The zero-order valence-electron chi connectivity index (χ0n) is 11.5. The first-order valence-corrected chi connectivity index (χ1v) is 7.32. The van der Waals surface area contributed by atoms with Crippen LogP contribution in [0.1, 0.15) is 44.6 Å². The van der Waals surface area contributed by atoms with Gasteiger partial charge < -0.3 is 5.11 Å². The van der Waals surface area contributed by atoms with Gasteiger partial charge in [-0.05, 0) is 42.9 Å². The molecule has 0 bridgehead atoms. The van der Waals surface area contributed by atoms with E-state index in [0.29, 0.717) is 10.9 Å². The summed E-state index contributed by atoms with van der Waals surface area (Å²) < 4.78 is 0. The molecule has 0 heterocycles. The molecule has 104 valence electrons. The summed E-state index contributed by atoms with van der Waals surface area (Å²) in [7, 11) is 0. The average molecular weight is 281 g/mol. The zero-order chi connectivity index (χ0) is 14.0. The molecule has 0 radical (unpaired) electrons. The minimum atomic E-state index is -0.162. The van der Waals surface area contributed by atoms with E-state index in [4.69, 9.17) is 11.6 Å². The van der Waals surface area contributed by atoms with Gasteiger partial charge in [0.1, 0.15) is 5.78 Å². The normalized spacial score (nSPS) is 24.1. The van der Waals surface area contributed by atoms with Crippen LogP contribution in [-0.2, 0) is 4.79 Å². The lowest BCUT2D eigenvalue weighted by atomic mass is 9.73. The van der Waals surface area contributed by atoms with E-state index in [1.807, 2.05) is 38.1 Å². The SMILES string of the molecule is CC(C)C(=O)C(CC1CC(O)C1)c1ccc(Cl)cc1. The molecule has 0 aliphatic heterocycles. The zero-order valence-corrected chi connectivity index (χ0v) is 12.2. The number of carbonyl (C=O) groups excluding carboxylic acids is 1. The Morgan fingerprint density at radius 2 is 1.89 bits per heavy atom. The maximum atomic E-state index is 12.4. The molecule has 1 fully saturated rings. The van der Waals surface area contributed by atoms with E-state index in [1.54, 1.807) is 0 Å². The second-order valence-corrected chi connectivity index (χ2v) is 6.32. The Morgan fingerprint density at radius 3 is 2.37 bits per heavy atom. The van der Waals surface area contributed by atoms with Gasteiger partial charge in [0.15, 0.2) is 0 Å². The van der Waals surface area contributed by atoms with E-state index in [0.717, 1.165) is 24.8 Å². The fourth-order valence-corrected chi connectivity index (χ4v) is 2.87. The molecule has 1 N–H and O–H groups in total. The van der Waals surface area contributed by atoms with Gasteiger partial charge in [-0.1, -0.05) is 37.6 Å². The Hall–Kier alpha value is -0.860. The quantitative estimate of drug-likeness (QED) is 0.890. The largest absolute Gasteiger partial charge is 0.393 e. The number of aliphatic hydroxyl groups is 1. The summed E-state index contributed by atoms with van der Waals surface area (Å²) in [6.45, 7) is 3.89. The van der Waals surface area contributed by atoms with Gasteiger partial charge >= 0.3 is 0 Å². The van der Waals surface area contributed by atoms with Crippen molar-refractivity contribution in [1.29, 1.82) is 0 Å². The molecule has 1 aromatic carbocycles. The molecule has 0 amide bonds. The third kappa shape index (κ3) is 3.58. The number of halogens is 1. The highest BCUT2D eigenvalue weighted by Crippen LogP contribution is 2.37. The van der Waals surface area contributed by atoms with E-state index in [1.165, 1.54) is 0 Å². The monoisotopic (exact) mass is 280 g/mol. The van der Waals surface area contributed by atoms with Crippen molar-refractivity contribution in [3.63, 3.8) is 0 Å². The molecule has 0 saturated heterocycles. The molecule has 1 aromatic rings. The van der Waals surface area contributed by atoms with Crippen LogP contribution in [0.15, 0.2) is 24.3 Å². The summed E-state index contributed by atoms with van der Waals surface area (Å²) in [6, 6.07) is 7.57. The fourth-order valence-electron chi connectivity index (χ4n) is 2.74. The van der Waals surface area contributed by atoms with Gasteiger partial charge in [-0.15, -0.1) is 0 Å². The number of carbonyl (C=O) groups is 1. The molecule has 1 aliphatic rings. The first-order valence-electron chi connectivity index (χ1n) is 6.94. The fraction of sp³-hybridized carbons (Fsp3) is 0.562. The molecule has 2 rings (SSSR count). The third-order valence-corrected chi connectivity index (χ3v) is 4.22. The number of aliphatic hydroxyl groups excluding tert-OH is 1. The second kappa shape index (κ2) is 6.06. The molecule has 1 aliphatic carbocycles. The number of ketones is 1. The Morgan fingerprint density at radius 1 is 1.32 bits per heavy atom. The number of Topliss-reactive ketones (excluding diaryl/α,β-unsaturated/α-hetero) is 1. The molecule has 2 nitrogen and oxygen atoms in total. The van der Waals surface area contributed by atoms with E-state index < -0.39 is 0 Å². The summed E-state index contributed by atoms with van der Waals surface area (Å²) in [5.41, 5.74) is 1.05. The number of benzene rings is 1. The lowest BCUT2D eigenvalue weighted by molar-refractivity contribution is -0.124. The van der Waals surface area contributed by atoms with E-state index >= 15 is 0 Å². The standard InChI is InChI=1S/C16H21ClO2/c1-10(2)16(19)15(9-11-7-14(18)8-11)12-3-5-13(17)6-4-12/h3-6,10-11,14-15,18H,7-9H2,1-2H3. The lowest BCUT2D eigenvalue weighted by Crippen LogP contribution is -2.31.